The maximum atomic E-state index is 12.7. The van der Waals surface area contributed by atoms with Crippen molar-refractivity contribution in [3.63, 3.8) is 0 Å². The molecule has 2 N–H and O–H groups in total. The minimum Gasteiger partial charge on any atom is -0.497 e. The number of piperidine rings is 1. The molecule has 1 atom stereocenters. The van der Waals surface area contributed by atoms with Crippen LogP contribution in [0, 0.1) is 0 Å². The van der Waals surface area contributed by atoms with Gasteiger partial charge in [-0.05, 0) is 42.5 Å². The number of hydrogen-bond acceptors (Lipinski definition) is 5. The molecule has 0 bridgehead atoms. The lowest BCUT2D eigenvalue weighted by Crippen LogP contribution is -2.58. The van der Waals surface area contributed by atoms with Crippen LogP contribution >= 0.6 is 24.8 Å². The Hall–Kier alpha value is -1.05. The minimum absolute atomic E-state index is 0. The van der Waals surface area contributed by atoms with Crippen LogP contribution in [-0.2, 0) is 21.6 Å². The Labute approximate surface area is 173 Å². The molecule has 1 spiro atoms. The molecule has 0 radical (unpaired) electrons. The van der Waals surface area contributed by atoms with Gasteiger partial charge in [0.25, 0.3) is 0 Å². The molecule has 152 valence electrons. The van der Waals surface area contributed by atoms with Crippen LogP contribution in [0.15, 0.2) is 18.2 Å². The summed E-state index contributed by atoms with van der Waals surface area (Å²) in [6.45, 7) is 4.75. The summed E-state index contributed by atoms with van der Waals surface area (Å²) in [5, 5.41) is 6.61. The fourth-order valence-corrected chi connectivity index (χ4v) is 4.33. The highest BCUT2D eigenvalue weighted by atomic mass is 35.5. The summed E-state index contributed by atoms with van der Waals surface area (Å²) in [4.78, 5) is 14.7. The number of amides is 1. The van der Waals surface area contributed by atoms with Gasteiger partial charge in [-0.15, -0.1) is 24.8 Å². The van der Waals surface area contributed by atoms with E-state index in [9.17, 15) is 4.79 Å². The summed E-state index contributed by atoms with van der Waals surface area (Å²) in [5.74, 6) is 1.12. The highest BCUT2D eigenvalue weighted by Gasteiger charge is 2.42. The van der Waals surface area contributed by atoms with Crippen LogP contribution < -0.4 is 15.4 Å². The van der Waals surface area contributed by atoms with E-state index in [2.05, 4.69) is 22.8 Å². The van der Waals surface area contributed by atoms with Crippen molar-refractivity contribution in [3.8, 4) is 5.75 Å². The maximum absolute atomic E-state index is 12.7. The van der Waals surface area contributed by atoms with Gasteiger partial charge in [-0.3, -0.25) is 4.79 Å². The number of methoxy groups -OCH3 is 1. The molecule has 6 nitrogen and oxygen atoms in total. The fourth-order valence-electron chi connectivity index (χ4n) is 4.33. The molecule has 1 aromatic rings. The molecule has 0 aliphatic carbocycles. The molecule has 0 unspecified atom stereocenters. The van der Waals surface area contributed by atoms with Gasteiger partial charge >= 0.3 is 0 Å². The number of piperazine rings is 1. The van der Waals surface area contributed by atoms with Gasteiger partial charge < -0.3 is 25.0 Å². The van der Waals surface area contributed by atoms with Crippen molar-refractivity contribution in [2.24, 2.45) is 0 Å². The molecule has 1 aromatic carbocycles. The molecule has 2 fully saturated rings. The maximum Gasteiger partial charge on any atom is 0.241 e. The fraction of sp³-hybridized carbons (Fsp3) is 0.632. The molecule has 8 heteroatoms. The van der Waals surface area contributed by atoms with Gasteiger partial charge in [-0.2, -0.15) is 0 Å². The van der Waals surface area contributed by atoms with Crippen molar-refractivity contribution in [2.75, 3.05) is 46.4 Å². The number of carbonyl (C=O) groups is 1. The smallest absolute Gasteiger partial charge is 0.241 e. The van der Waals surface area contributed by atoms with Crippen LogP contribution in [-0.4, -0.2) is 63.3 Å². The third kappa shape index (κ3) is 4.35. The Balaban J connectivity index is 0.00000131. The summed E-state index contributed by atoms with van der Waals surface area (Å²) < 4.78 is 11.6. The third-order valence-electron chi connectivity index (χ3n) is 5.77. The number of nitrogens with one attached hydrogen (secondary N) is 2. The summed E-state index contributed by atoms with van der Waals surface area (Å²) in [7, 11) is 1.70. The molecule has 3 heterocycles. The number of fused-ring (bicyclic) bond motifs is 2. The second kappa shape index (κ2) is 9.43. The van der Waals surface area contributed by atoms with E-state index in [1.165, 1.54) is 11.1 Å². The quantitative estimate of drug-likeness (QED) is 0.762. The molecule has 3 aliphatic heterocycles. The van der Waals surface area contributed by atoms with Crippen LogP contribution in [0.3, 0.4) is 0 Å². The molecule has 3 aliphatic rings. The number of ether oxygens (including phenoxy) is 2. The van der Waals surface area contributed by atoms with E-state index in [0.29, 0.717) is 0 Å². The monoisotopic (exact) mass is 417 g/mol. The zero-order valence-corrected chi connectivity index (χ0v) is 17.3. The van der Waals surface area contributed by atoms with E-state index in [0.717, 1.165) is 64.3 Å². The molecule has 0 saturated carbocycles. The van der Waals surface area contributed by atoms with Crippen molar-refractivity contribution >= 4 is 30.7 Å². The first-order valence-corrected chi connectivity index (χ1v) is 9.26. The molecule has 1 amide bonds. The first kappa shape index (κ1) is 22.2. The largest absolute Gasteiger partial charge is 0.497 e. The Bertz CT molecular complexity index is 645. The summed E-state index contributed by atoms with van der Waals surface area (Å²) in [6, 6.07) is 6.21. The number of likely N-dealkylation sites (tertiary alicyclic amines) is 1. The van der Waals surface area contributed by atoms with Gasteiger partial charge in [0, 0.05) is 32.7 Å². The van der Waals surface area contributed by atoms with Gasteiger partial charge in [-0.25, -0.2) is 0 Å². The van der Waals surface area contributed by atoms with Crippen molar-refractivity contribution in [2.45, 2.75) is 30.9 Å². The number of hydrogen-bond donors (Lipinski definition) is 2. The first-order valence-electron chi connectivity index (χ1n) is 9.26. The van der Waals surface area contributed by atoms with E-state index in [4.69, 9.17) is 9.47 Å². The number of benzene rings is 1. The van der Waals surface area contributed by atoms with E-state index in [-0.39, 0.29) is 42.4 Å². The predicted molar refractivity (Wildman–Crippen MR) is 109 cm³/mol. The Kier molecular flexibility index (Phi) is 7.77. The van der Waals surface area contributed by atoms with Gasteiger partial charge in [0.05, 0.1) is 25.4 Å². The average molecular weight is 418 g/mol. The Morgan fingerprint density at radius 2 is 2.04 bits per heavy atom. The lowest BCUT2D eigenvalue weighted by atomic mass is 9.79. The van der Waals surface area contributed by atoms with Crippen LogP contribution in [0.1, 0.15) is 24.0 Å². The van der Waals surface area contributed by atoms with E-state index >= 15 is 0 Å². The number of nitrogens with zero attached hydrogens (tertiary/aromatic N) is 1. The first-order chi connectivity index (χ1) is 12.2. The van der Waals surface area contributed by atoms with Gasteiger partial charge in [-0.1, -0.05) is 6.07 Å². The van der Waals surface area contributed by atoms with Crippen LogP contribution in [0.2, 0.25) is 0 Å². The van der Waals surface area contributed by atoms with E-state index in [1.807, 2.05) is 11.0 Å². The topological polar surface area (TPSA) is 62.8 Å². The second-order valence-electron chi connectivity index (χ2n) is 7.15. The van der Waals surface area contributed by atoms with Crippen LogP contribution in [0.4, 0.5) is 0 Å². The summed E-state index contributed by atoms with van der Waals surface area (Å²) in [5.41, 5.74) is 2.36. The lowest BCUT2D eigenvalue weighted by Gasteiger charge is -2.45. The molecule has 2 saturated heterocycles. The Morgan fingerprint density at radius 3 is 2.70 bits per heavy atom. The molecule has 0 aromatic heterocycles. The lowest BCUT2D eigenvalue weighted by molar-refractivity contribution is -0.143. The summed E-state index contributed by atoms with van der Waals surface area (Å²) >= 11 is 0. The highest BCUT2D eigenvalue weighted by Crippen LogP contribution is 2.42. The SMILES string of the molecule is COc1ccc2c(c1)CCOC21CCN(C(=O)[C@@H]2CNCCN2)CC1.Cl.Cl. The minimum atomic E-state index is -0.241. The van der Waals surface area contributed by atoms with Crippen LogP contribution in [0.5, 0.6) is 5.75 Å². The van der Waals surface area contributed by atoms with E-state index < -0.39 is 0 Å². The standard InChI is InChI=1S/C19H27N3O3.2ClH/c1-24-15-2-3-16-14(12-15)4-11-25-19(16)5-9-22(10-6-19)18(23)17-13-20-7-8-21-17;;/h2-3,12,17,20-21H,4-11,13H2,1H3;2*1H/t17-;;/m0../s1. The Morgan fingerprint density at radius 1 is 1.26 bits per heavy atom. The van der Waals surface area contributed by atoms with Crippen LogP contribution in [0.25, 0.3) is 0 Å². The van der Waals surface area contributed by atoms with Gasteiger partial charge in [0.15, 0.2) is 0 Å². The zero-order chi connectivity index (χ0) is 17.3. The molecule has 4 rings (SSSR count). The predicted octanol–water partition coefficient (Wildman–Crippen LogP) is 1.49. The van der Waals surface area contributed by atoms with Gasteiger partial charge in [0.1, 0.15) is 5.75 Å². The number of halogens is 2. The second-order valence-corrected chi connectivity index (χ2v) is 7.15. The van der Waals surface area contributed by atoms with Crippen molar-refractivity contribution in [1.29, 1.82) is 0 Å². The molecular weight excluding hydrogens is 389 g/mol. The van der Waals surface area contributed by atoms with Gasteiger partial charge in [0.2, 0.25) is 5.91 Å². The zero-order valence-electron chi connectivity index (χ0n) is 15.7. The van der Waals surface area contributed by atoms with E-state index in [1.54, 1.807) is 7.11 Å². The van der Waals surface area contributed by atoms with Crippen molar-refractivity contribution in [3.05, 3.63) is 29.3 Å². The van der Waals surface area contributed by atoms with Crippen molar-refractivity contribution in [1.82, 2.24) is 15.5 Å². The third-order valence-corrected chi connectivity index (χ3v) is 5.77. The normalized spacial score (nSPS) is 23.6. The number of rotatable bonds is 2. The van der Waals surface area contributed by atoms with Crippen molar-refractivity contribution < 1.29 is 14.3 Å². The molecular formula is C19H29Cl2N3O3. The average Bonchev–Trinajstić information content (AvgIpc) is 2.68. The molecule has 27 heavy (non-hydrogen) atoms. The summed E-state index contributed by atoms with van der Waals surface area (Å²) in [6.07, 6.45) is 2.64. The highest BCUT2D eigenvalue weighted by molar-refractivity contribution is 5.85. The number of carbonyl (C=O) groups excluding carboxylic acids is 1.